The molecule has 0 aliphatic heterocycles. The number of ketones is 1. The second-order valence-corrected chi connectivity index (χ2v) is 9.85. The van der Waals surface area contributed by atoms with E-state index in [1.807, 2.05) is 13.8 Å². The van der Waals surface area contributed by atoms with Crippen molar-refractivity contribution in [1.82, 2.24) is 9.73 Å². The SMILES string of the molecule is CN(C)S(=O)(=O)c1cccc(NC(=S)NN=C2CC(=O)CC(C)(C)C2)c1. The van der Waals surface area contributed by atoms with Crippen LogP contribution in [0.2, 0.25) is 0 Å². The topological polar surface area (TPSA) is 90.9 Å². The van der Waals surface area contributed by atoms with Crippen LogP contribution in [0.3, 0.4) is 0 Å². The fourth-order valence-corrected chi connectivity index (χ4v) is 3.93. The minimum Gasteiger partial charge on any atom is -0.331 e. The highest BCUT2D eigenvalue weighted by atomic mass is 32.2. The number of benzene rings is 1. The second-order valence-electron chi connectivity index (χ2n) is 7.29. The third kappa shape index (κ3) is 5.33. The molecular formula is C17H24N4O3S2. The Morgan fingerprint density at radius 2 is 1.96 bits per heavy atom. The molecule has 0 unspecified atom stereocenters. The molecule has 1 saturated carbocycles. The first-order valence-corrected chi connectivity index (χ1v) is 10.0. The van der Waals surface area contributed by atoms with E-state index in [0.717, 1.165) is 16.4 Å². The number of sulfonamides is 1. The fourth-order valence-electron chi connectivity index (χ4n) is 2.81. The molecule has 0 heterocycles. The highest BCUT2D eigenvalue weighted by molar-refractivity contribution is 7.89. The summed E-state index contributed by atoms with van der Waals surface area (Å²) in [6.07, 6.45) is 1.61. The van der Waals surface area contributed by atoms with Crippen LogP contribution in [0.15, 0.2) is 34.3 Å². The van der Waals surface area contributed by atoms with Gasteiger partial charge in [-0.3, -0.25) is 10.2 Å². The summed E-state index contributed by atoms with van der Waals surface area (Å²) in [6, 6.07) is 6.37. The molecule has 0 atom stereocenters. The standard InChI is InChI=1S/C17H24N4O3S2/c1-17(2)10-13(8-14(22)11-17)19-20-16(25)18-12-6-5-7-15(9-12)26(23,24)21(3)4/h5-7,9H,8,10-11H2,1-4H3,(H2,18,20,25). The van der Waals surface area contributed by atoms with Crippen molar-refractivity contribution in [2.24, 2.45) is 10.5 Å². The number of nitrogens with one attached hydrogen (secondary N) is 2. The molecule has 2 N–H and O–H groups in total. The molecular weight excluding hydrogens is 372 g/mol. The van der Waals surface area contributed by atoms with Crippen LogP contribution in [0.4, 0.5) is 5.69 Å². The number of rotatable bonds is 4. The summed E-state index contributed by atoms with van der Waals surface area (Å²) in [5.41, 5.74) is 3.94. The average Bonchev–Trinajstić information content (AvgIpc) is 2.51. The number of Topliss-reactive ketones (excluding diaryl/α,β-unsaturated/α-hetero) is 1. The van der Waals surface area contributed by atoms with Gasteiger partial charge in [-0.25, -0.2) is 12.7 Å². The number of nitrogens with zero attached hydrogens (tertiary/aromatic N) is 2. The van der Waals surface area contributed by atoms with Crippen LogP contribution < -0.4 is 10.7 Å². The van der Waals surface area contributed by atoms with Crippen LogP contribution in [-0.4, -0.2) is 43.4 Å². The predicted octanol–water partition coefficient (Wildman–Crippen LogP) is 2.36. The molecule has 7 nitrogen and oxygen atoms in total. The van der Waals surface area contributed by atoms with Crippen molar-refractivity contribution in [2.45, 2.75) is 38.0 Å². The zero-order valence-electron chi connectivity index (χ0n) is 15.4. The third-order valence-electron chi connectivity index (χ3n) is 3.95. The Bertz CT molecular complexity index is 845. The van der Waals surface area contributed by atoms with E-state index >= 15 is 0 Å². The number of thiocarbonyl (C=S) groups is 1. The summed E-state index contributed by atoms with van der Waals surface area (Å²) in [6.45, 7) is 4.07. The van der Waals surface area contributed by atoms with E-state index in [4.69, 9.17) is 12.2 Å². The molecule has 9 heteroatoms. The van der Waals surface area contributed by atoms with Gasteiger partial charge < -0.3 is 5.32 Å². The van der Waals surface area contributed by atoms with Gasteiger partial charge >= 0.3 is 0 Å². The molecule has 0 amide bonds. The van der Waals surface area contributed by atoms with Crippen molar-refractivity contribution in [3.05, 3.63) is 24.3 Å². The van der Waals surface area contributed by atoms with E-state index < -0.39 is 10.0 Å². The van der Waals surface area contributed by atoms with Gasteiger partial charge in [-0.05, 0) is 42.3 Å². The summed E-state index contributed by atoms with van der Waals surface area (Å²) in [7, 11) is -0.565. The highest BCUT2D eigenvalue weighted by Gasteiger charge is 2.30. The van der Waals surface area contributed by atoms with Crippen molar-refractivity contribution in [1.29, 1.82) is 0 Å². The molecule has 1 aromatic rings. The molecule has 1 aliphatic carbocycles. The summed E-state index contributed by atoms with van der Waals surface area (Å²) in [5.74, 6) is 0.169. The first kappa shape index (κ1) is 20.5. The molecule has 1 fully saturated rings. The summed E-state index contributed by atoms with van der Waals surface area (Å²) >= 11 is 5.21. The lowest BCUT2D eigenvalue weighted by Crippen LogP contribution is -2.32. The Morgan fingerprint density at radius 3 is 2.58 bits per heavy atom. The Morgan fingerprint density at radius 1 is 1.27 bits per heavy atom. The predicted molar refractivity (Wildman–Crippen MR) is 107 cm³/mol. The van der Waals surface area contributed by atoms with E-state index in [1.54, 1.807) is 12.1 Å². The van der Waals surface area contributed by atoms with Crippen molar-refractivity contribution in [3.8, 4) is 0 Å². The number of anilines is 1. The second kappa shape index (κ2) is 7.81. The normalized spacial score (nSPS) is 18.8. The number of hydrogen-bond donors (Lipinski definition) is 2. The van der Waals surface area contributed by atoms with Crippen molar-refractivity contribution in [2.75, 3.05) is 19.4 Å². The monoisotopic (exact) mass is 396 g/mol. The van der Waals surface area contributed by atoms with Gasteiger partial charge in [0.2, 0.25) is 10.0 Å². The van der Waals surface area contributed by atoms with E-state index in [1.165, 1.54) is 26.2 Å². The van der Waals surface area contributed by atoms with Gasteiger partial charge in [-0.15, -0.1) is 0 Å². The lowest BCUT2D eigenvalue weighted by Gasteiger charge is -2.29. The molecule has 0 saturated heterocycles. The first-order chi connectivity index (χ1) is 12.0. The van der Waals surface area contributed by atoms with Crippen LogP contribution in [0.5, 0.6) is 0 Å². The zero-order chi connectivity index (χ0) is 19.5. The van der Waals surface area contributed by atoms with Gasteiger partial charge in [0.05, 0.1) is 4.90 Å². The quantitative estimate of drug-likeness (QED) is 0.600. The molecule has 2 rings (SSSR count). The number of carbonyl (C=O) groups is 1. The summed E-state index contributed by atoms with van der Waals surface area (Å²) in [5, 5.41) is 7.38. The van der Waals surface area contributed by atoms with Gasteiger partial charge in [0.1, 0.15) is 5.78 Å². The van der Waals surface area contributed by atoms with E-state index in [2.05, 4.69) is 15.8 Å². The van der Waals surface area contributed by atoms with E-state index in [9.17, 15) is 13.2 Å². The molecule has 0 aromatic heterocycles. The maximum atomic E-state index is 12.2. The fraction of sp³-hybridized carbons (Fsp3) is 0.471. The number of hydrogen-bond acceptors (Lipinski definition) is 5. The molecule has 0 radical (unpaired) electrons. The molecule has 0 bridgehead atoms. The lowest BCUT2D eigenvalue weighted by molar-refractivity contribution is -0.120. The van der Waals surface area contributed by atoms with Crippen LogP contribution in [0.1, 0.15) is 33.1 Å². The third-order valence-corrected chi connectivity index (χ3v) is 5.95. The largest absolute Gasteiger partial charge is 0.331 e. The Hall–Kier alpha value is -1.84. The highest BCUT2D eigenvalue weighted by Crippen LogP contribution is 2.31. The van der Waals surface area contributed by atoms with Gasteiger partial charge in [-0.2, -0.15) is 5.10 Å². The molecule has 142 valence electrons. The molecule has 1 aromatic carbocycles. The lowest BCUT2D eigenvalue weighted by atomic mass is 9.76. The smallest absolute Gasteiger partial charge is 0.242 e. The van der Waals surface area contributed by atoms with Crippen LogP contribution in [-0.2, 0) is 14.8 Å². The minimum atomic E-state index is -3.52. The van der Waals surface area contributed by atoms with E-state index in [0.29, 0.717) is 18.5 Å². The van der Waals surface area contributed by atoms with Crippen LogP contribution in [0.25, 0.3) is 0 Å². The van der Waals surface area contributed by atoms with Gasteiger partial charge in [0.15, 0.2) is 5.11 Å². The van der Waals surface area contributed by atoms with Crippen molar-refractivity contribution < 1.29 is 13.2 Å². The van der Waals surface area contributed by atoms with Crippen LogP contribution >= 0.6 is 12.2 Å². The number of hydrazone groups is 1. The molecule has 1 aliphatic rings. The van der Waals surface area contributed by atoms with E-state index in [-0.39, 0.29) is 21.2 Å². The average molecular weight is 397 g/mol. The van der Waals surface area contributed by atoms with Crippen molar-refractivity contribution >= 4 is 44.5 Å². The summed E-state index contributed by atoms with van der Waals surface area (Å²) < 4.78 is 25.5. The van der Waals surface area contributed by atoms with Gasteiger partial charge in [0, 0.05) is 38.3 Å². The Balaban J connectivity index is 2.05. The van der Waals surface area contributed by atoms with Crippen molar-refractivity contribution in [3.63, 3.8) is 0 Å². The van der Waals surface area contributed by atoms with Gasteiger partial charge in [-0.1, -0.05) is 19.9 Å². The Labute approximate surface area is 159 Å². The first-order valence-electron chi connectivity index (χ1n) is 8.16. The Kier molecular flexibility index (Phi) is 6.15. The number of carbonyl (C=O) groups excluding carboxylic acids is 1. The maximum absolute atomic E-state index is 12.2. The zero-order valence-corrected chi connectivity index (χ0v) is 17.0. The minimum absolute atomic E-state index is 0.0975. The maximum Gasteiger partial charge on any atom is 0.242 e. The molecule has 26 heavy (non-hydrogen) atoms. The summed E-state index contributed by atoms with van der Waals surface area (Å²) in [4.78, 5) is 12.0. The van der Waals surface area contributed by atoms with Gasteiger partial charge in [0.25, 0.3) is 0 Å². The molecule has 0 spiro atoms. The van der Waals surface area contributed by atoms with Crippen LogP contribution in [0, 0.1) is 5.41 Å².